The van der Waals surface area contributed by atoms with Crippen molar-refractivity contribution < 1.29 is 22.8 Å². The van der Waals surface area contributed by atoms with Crippen LogP contribution < -0.4 is 10.6 Å². The molecule has 7 heteroatoms. The molecule has 0 fully saturated rings. The second-order valence-corrected chi connectivity index (χ2v) is 5.62. The summed E-state index contributed by atoms with van der Waals surface area (Å²) in [6, 6.07) is 5.41. The van der Waals surface area contributed by atoms with Gasteiger partial charge in [0.15, 0.2) is 11.6 Å². The molecule has 2 amide bonds. The van der Waals surface area contributed by atoms with Crippen LogP contribution in [-0.2, 0) is 11.3 Å². The summed E-state index contributed by atoms with van der Waals surface area (Å²) in [4.78, 5) is 24.4. The van der Waals surface area contributed by atoms with E-state index < -0.39 is 29.5 Å². The molecule has 1 aromatic heterocycles. The summed E-state index contributed by atoms with van der Waals surface area (Å²) in [6.45, 7) is 3.72. The molecular formula is C17H18F2N2O3. The number of furan rings is 1. The molecule has 5 nitrogen and oxygen atoms in total. The van der Waals surface area contributed by atoms with Crippen molar-refractivity contribution in [2.24, 2.45) is 5.92 Å². The molecule has 0 aliphatic rings. The minimum atomic E-state index is -1.12. The van der Waals surface area contributed by atoms with E-state index >= 15 is 0 Å². The number of benzene rings is 1. The van der Waals surface area contributed by atoms with Gasteiger partial charge in [-0.3, -0.25) is 9.59 Å². The quantitative estimate of drug-likeness (QED) is 0.852. The van der Waals surface area contributed by atoms with Crippen LogP contribution >= 0.6 is 0 Å². The van der Waals surface area contributed by atoms with Crippen LogP contribution in [-0.4, -0.2) is 17.9 Å². The molecule has 0 saturated heterocycles. The third kappa shape index (κ3) is 4.41. The smallest absolute Gasteiger partial charge is 0.252 e. The van der Waals surface area contributed by atoms with Gasteiger partial charge in [-0.05, 0) is 36.2 Å². The molecule has 1 aromatic carbocycles. The van der Waals surface area contributed by atoms with Crippen LogP contribution in [0.15, 0.2) is 41.0 Å². The van der Waals surface area contributed by atoms with E-state index in [2.05, 4.69) is 10.6 Å². The highest BCUT2D eigenvalue weighted by molar-refractivity contribution is 5.97. The van der Waals surface area contributed by atoms with Gasteiger partial charge < -0.3 is 15.1 Å². The molecule has 1 atom stereocenters. The number of carbonyl (C=O) groups is 2. The van der Waals surface area contributed by atoms with Gasteiger partial charge in [-0.1, -0.05) is 13.8 Å². The number of halogens is 2. The largest absolute Gasteiger partial charge is 0.467 e. The Morgan fingerprint density at radius 3 is 2.50 bits per heavy atom. The average Bonchev–Trinajstić information content (AvgIpc) is 3.05. The molecule has 2 rings (SSSR count). The van der Waals surface area contributed by atoms with Gasteiger partial charge in [0.05, 0.1) is 12.8 Å². The van der Waals surface area contributed by atoms with Crippen molar-refractivity contribution >= 4 is 11.8 Å². The molecular weight excluding hydrogens is 318 g/mol. The highest BCUT2D eigenvalue weighted by Crippen LogP contribution is 2.10. The lowest BCUT2D eigenvalue weighted by molar-refractivity contribution is -0.124. The van der Waals surface area contributed by atoms with Crippen molar-refractivity contribution in [2.45, 2.75) is 26.4 Å². The zero-order chi connectivity index (χ0) is 17.7. The first kappa shape index (κ1) is 17.7. The standard InChI is InChI=1S/C17H18F2N2O3/c1-10(2)15(17(23)20-9-12-4-3-7-24-12)21-16(22)11-5-6-13(18)14(19)8-11/h3-8,10,15H,9H2,1-2H3,(H,20,23)(H,21,22)/t15-/m1/s1. The lowest BCUT2D eigenvalue weighted by atomic mass is 10.0. The first-order valence-electron chi connectivity index (χ1n) is 7.44. The summed E-state index contributed by atoms with van der Waals surface area (Å²) in [5.41, 5.74) is -0.0571. The number of hydrogen-bond donors (Lipinski definition) is 2. The molecule has 128 valence electrons. The van der Waals surface area contributed by atoms with Crippen LogP contribution in [0.3, 0.4) is 0 Å². The summed E-state index contributed by atoms with van der Waals surface area (Å²) < 4.78 is 31.3. The van der Waals surface area contributed by atoms with Gasteiger partial charge in [-0.25, -0.2) is 8.78 Å². The van der Waals surface area contributed by atoms with Crippen molar-refractivity contribution in [3.8, 4) is 0 Å². The van der Waals surface area contributed by atoms with E-state index in [1.807, 2.05) is 0 Å². The molecule has 0 saturated carbocycles. The Balaban J connectivity index is 2.02. The highest BCUT2D eigenvalue weighted by Gasteiger charge is 2.25. The highest BCUT2D eigenvalue weighted by atomic mass is 19.2. The Labute approximate surface area is 138 Å². The number of amides is 2. The van der Waals surface area contributed by atoms with Crippen molar-refractivity contribution in [2.75, 3.05) is 0 Å². The SMILES string of the molecule is CC(C)[C@@H](NC(=O)c1ccc(F)c(F)c1)C(=O)NCc1ccco1. The first-order valence-corrected chi connectivity index (χ1v) is 7.44. The fourth-order valence-corrected chi connectivity index (χ4v) is 2.09. The third-order valence-electron chi connectivity index (χ3n) is 3.43. The van der Waals surface area contributed by atoms with Gasteiger partial charge in [0.1, 0.15) is 11.8 Å². The van der Waals surface area contributed by atoms with Crippen molar-refractivity contribution in [1.29, 1.82) is 0 Å². The summed E-state index contributed by atoms with van der Waals surface area (Å²) in [5, 5.41) is 5.20. The summed E-state index contributed by atoms with van der Waals surface area (Å²) in [7, 11) is 0. The topological polar surface area (TPSA) is 71.3 Å². The molecule has 0 aliphatic carbocycles. The summed E-state index contributed by atoms with van der Waals surface area (Å²) >= 11 is 0. The maximum absolute atomic E-state index is 13.2. The minimum Gasteiger partial charge on any atom is -0.467 e. The number of nitrogens with one attached hydrogen (secondary N) is 2. The van der Waals surface area contributed by atoms with Gasteiger partial charge in [-0.2, -0.15) is 0 Å². The van der Waals surface area contributed by atoms with E-state index in [1.54, 1.807) is 26.0 Å². The van der Waals surface area contributed by atoms with E-state index in [0.29, 0.717) is 5.76 Å². The van der Waals surface area contributed by atoms with E-state index in [0.717, 1.165) is 18.2 Å². The summed E-state index contributed by atoms with van der Waals surface area (Å²) in [6.07, 6.45) is 1.49. The fraction of sp³-hybridized carbons (Fsp3) is 0.294. The molecule has 0 spiro atoms. The van der Waals surface area contributed by atoms with Crippen molar-refractivity contribution in [3.63, 3.8) is 0 Å². The van der Waals surface area contributed by atoms with Gasteiger partial charge in [0.25, 0.3) is 5.91 Å². The van der Waals surface area contributed by atoms with Crippen LogP contribution in [0.25, 0.3) is 0 Å². The normalized spacial score (nSPS) is 12.0. The van der Waals surface area contributed by atoms with E-state index in [9.17, 15) is 18.4 Å². The minimum absolute atomic E-state index is 0.0571. The Bertz CT molecular complexity index is 715. The van der Waals surface area contributed by atoms with Gasteiger partial charge >= 0.3 is 0 Å². The van der Waals surface area contributed by atoms with Gasteiger partial charge in [0.2, 0.25) is 5.91 Å². The predicted octanol–water partition coefficient (Wildman–Crippen LogP) is 2.63. The Hall–Kier alpha value is -2.70. The predicted molar refractivity (Wildman–Crippen MR) is 83.0 cm³/mol. The Kier molecular flexibility index (Phi) is 5.68. The van der Waals surface area contributed by atoms with Crippen molar-refractivity contribution in [1.82, 2.24) is 10.6 Å². The molecule has 1 heterocycles. The van der Waals surface area contributed by atoms with Gasteiger partial charge in [-0.15, -0.1) is 0 Å². The van der Waals surface area contributed by atoms with Crippen LogP contribution in [0, 0.1) is 17.6 Å². The number of hydrogen-bond acceptors (Lipinski definition) is 3. The van der Waals surface area contributed by atoms with Crippen LogP contribution in [0.5, 0.6) is 0 Å². The average molecular weight is 336 g/mol. The van der Waals surface area contributed by atoms with Crippen LogP contribution in [0.1, 0.15) is 30.0 Å². The van der Waals surface area contributed by atoms with Crippen molar-refractivity contribution in [3.05, 3.63) is 59.6 Å². The molecule has 0 bridgehead atoms. The molecule has 0 radical (unpaired) electrons. The van der Waals surface area contributed by atoms with E-state index in [-0.39, 0.29) is 18.0 Å². The van der Waals surface area contributed by atoms with Gasteiger partial charge in [0, 0.05) is 5.56 Å². The molecule has 0 aliphatic heterocycles. The lowest BCUT2D eigenvalue weighted by Crippen LogP contribution is -2.49. The zero-order valence-corrected chi connectivity index (χ0v) is 13.3. The van der Waals surface area contributed by atoms with Crippen LogP contribution in [0.2, 0.25) is 0 Å². The van der Waals surface area contributed by atoms with E-state index in [4.69, 9.17) is 4.42 Å². The Morgan fingerprint density at radius 2 is 1.92 bits per heavy atom. The molecule has 2 aromatic rings. The third-order valence-corrected chi connectivity index (χ3v) is 3.43. The maximum Gasteiger partial charge on any atom is 0.252 e. The summed E-state index contributed by atoms with van der Waals surface area (Å²) in [5.74, 6) is -2.82. The maximum atomic E-state index is 13.2. The van der Waals surface area contributed by atoms with E-state index in [1.165, 1.54) is 6.26 Å². The number of carbonyl (C=O) groups excluding carboxylic acids is 2. The molecule has 24 heavy (non-hydrogen) atoms. The second-order valence-electron chi connectivity index (χ2n) is 5.62. The fourth-order valence-electron chi connectivity index (χ4n) is 2.09. The zero-order valence-electron chi connectivity index (χ0n) is 13.3. The Morgan fingerprint density at radius 1 is 1.17 bits per heavy atom. The molecule has 0 unspecified atom stereocenters. The van der Waals surface area contributed by atoms with Crippen LogP contribution in [0.4, 0.5) is 8.78 Å². The second kappa shape index (κ2) is 7.72. The number of rotatable bonds is 6. The monoisotopic (exact) mass is 336 g/mol. The molecule has 2 N–H and O–H groups in total. The lowest BCUT2D eigenvalue weighted by Gasteiger charge is -2.21. The first-order chi connectivity index (χ1) is 11.4.